The standard InChI is InChI=1S/C21H16N3.ClHO4/c1-23-21-19-14-8-6-12-17(19)16-11-5-7-13-18(16)20(21)22-24(23)15-9-3-2-4-10-15;2-1(3,4)5/h2-14H,1H3;(H,2,3,4,5)/q+1;/p-1. The first kappa shape index (κ1) is 19.3. The summed E-state index contributed by atoms with van der Waals surface area (Å²) in [4.78, 5) is 1.98. The third-order valence-electron chi connectivity index (χ3n) is 4.67. The Balaban J connectivity index is 0.000000369. The van der Waals surface area contributed by atoms with Gasteiger partial charge in [-0.3, -0.25) is 0 Å². The first-order valence-corrected chi connectivity index (χ1v) is 9.94. The van der Waals surface area contributed by atoms with E-state index in [4.69, 9.17) is 23.7 Å². The summed E-state index contributed by atoms with van der Waals surface area (Å²) in [5, 5.41) is 9.88. The zero-order valence-corrected chi connectivity index (χ0v) is 16.1. The van der Waals surface area contributed by atoms with E-state index in [1.165, 1.54) is 21.5 Å². The van der Waals surface area contributed by atoms with Gasteiger partial charge in [-0.05, 0) is 39.8 Å². The molecule has 0 saturated carbocycles. The zero-order chi connectivity index (χ0) is 20.6. The number of fused-ring (bicyclic) bond motifs is 6. The molecule has 0 bridgehead atoms. The number of para-hydroxylation sites is 1. The van der Waals surface area contributed by atoms with Gasteiger partial charge in [0.1, 0.15) is 12.7 Å². The molecule has 0 spiro atoms. The van der Waals surface area contributed by atoms with Crippen molar-refractivity contribution in [3.05, 3.63) is 78.9 Å². The van der Waals surface area contributed by atoms with Crippen LogP contribution in [-0.4, -0.2) is 9.90 Å². The molecular formula is C21H16ClN3O4. The quantitative estimate of drug-likeness (QED) is 0.271. The number of nitrogens with zero attached hydrogens (tertiary/aromatic N) is 3. The van der Waals surface area contributed by atoms with Crippen LogP contribution < -0.4 is 23.3 Å². The van der Waals surface area contributed by atoms with Crippen LogP contribution in [0.15, 0.2) is 78.9 Å². The van der Waals surface area contributed by atoms with E-state index >= 15 is 0 Å². The molecular weight excluding hydrogens is 394 g/mol. The minimum Gasteiger partial charge on any atom is -0.222 e. The van der Waals surface area contributed by atoms with Gasteiger partial charge in [-0.25, -0.2) is 18.6 Å². The third kappa shape index (κ3) is 3.77. The number of rotatable bonds is 1. The lowest BCUT2D eigenvalue weighted by molar-refractivity contribution is -2.00. The normalized spacial score (nSPS) is 11.6. The van der Waals surface area contributed by atoms with E-state index in [-0.39, 0.29) is 0 Å². The number of hydrogen-bond donors (Lipinski definition) is 0. The molecule has 0 N–H and O–H groups in total. The zero-order valence-electron chi connectivity index (χ0n) is 15.4. The maximum Gasteiger partial charge on any atom is 0.258 e. The van der Waals surface area contributed by atoms with Crippen molar-refractivity contribution in [2.75, 3.05) is 0 Å². The Bertz CT molecular complexity index is 1310. The van der Waals surface area contributed by atoms with Gasteiger partial charge in [0.15, 0.2) is 0 Å². The molecule has 0 amide bonds. The minimum atomic E-state index is -4.94. The van der Waals surface area contributed by atoms with Gasteiger partial charge in [0.25, 0.3) is 5.52 Å². The van der Waals surface area contributed by atoms with Crippen LogP contribution in [0.3, 0.4) is 0 Å². The van der Waals surface area contributed by atoms with Crippen LogP contribution in [0, 0.1) is 10.2 Å². The molecule has 0 radical (unpaired) electrons. The highest BCUT2D eigenvalue weighted by Gasteiger charge is 2.23. The highest BCUT2D eigenvalue weighted by Crippen LogP contribution is 2.32. The number of hydrogen-bond acceptors (Lipinski definition) is 5. The van der Waals surface area contributed by atoms with Crippen molar-refractivity contribution in [1.29, 1.82) is 0 Å². The predicted molar refractivity (Wildman–Crippen MR) is 97.3 cm³/mol. The third-order valence-corrected chi connectivity index (χ3v) is 4.67. The van der Waals surface area contributed by atoms with E-state index in [0.717, 1.165) is 16.7 Å². The summed E-state index contributed by atoms with van der Waals surface area (Å²) in [5.74, 6) is 0. The van der Waals surface area contributed by atoms with Gasteiger partial charge in [0.2, 0.25) is 5.52 Å². The van der Waals surface area contributed by atoms with Gasteiger partial charge >= 0.3 is 0 Å². The Morgan fingerprint density at radius 3 is 1.72 bits per heavy atom. The molecule has 0 aliphatic rings. The van der Waals surface area contributed by atoms with Gasteiger partial charge in [0, 0.05) is 10.8 Å². The predicted octanol–water partition coefficient (Wildman–Crippen LogP) is -0.600. The van der Waals surface area contributed by atoms with Crippen LogP contribution in [0.25, 0.3) is 38.3 Å². The highest BCUT2D eigenvalue weighted by atomic mass is 35.7. The molecule has 1 heterocycles. The maximum atomic E-state index is 8.49. The molecule has 0 unspecified atom stereocenters. The molecule has 0 atom stereocenters. The minimum absolute atomic E-state index is 1.04. The van der Waals surface area contributed by atoms with E-state index in [1.807, 2.05) is 23.0 Å². The average molecular weight is 410 g/mol. The van der Waals surface area contributed by atoms with Crippen molar-refractivity contribution in [1.82, 2.24) is 9.90 Å². The monoisotopic (exact) mass is 409 g/mol. The summed E-state index contributed by atoms with van der Waals surface area (Å²) in [6.45, 7) is 0. The topological polar surface area (TPSA) is 114 Å². The van der Waals surface area contributed by atoms with Crippen LogP contribution in [0.1, 0.15) is 0 Å². The Morgan fingerprint density at radius 2 is 1.14 bits per heavy atom. The molecule has 0 fully saturated rings. The smallest absolute Gasteiger partial charge is 0.222 e. The molecule has 0 saturated heterocycles. The molecule has 4 aromatic carbocycles. The fourth-order valence-electron chi connectivity index (χ4n) is 3.58. The van der Waals surface area contributed by atoms with Gasteiger partial charge < -0.3 is 0 Å². The molecule has 5 rings (SSSR count). The van der Waals surface area contributed by atoms with Crippen molar-refractivity contribution in [3.63, 3.8) is 0 Å². The fraction of sp³-hybridized carbons (Fsp3) is 0.0476. The van der Waals surface area contributed by atoms with E-state index < -0.39 is 10.2 Å². The van der Waals surface area contributed by atoms with Crippen LogP contribution in [0.4, 0.5) is 0 Å². The summed E-state index contributed by atoms with van der Waals surface area (Å²) in [5.41, 5.74) is 3.26. The summed E-state index contributed by atoms with van der Waals surface area (Å²) in [6.07, 6.45) is 0. The van der Waals surface area contributed by atoms with E-state index in [2.05, 4.69) is 72.4 Å². The summed E-state index contributed by atoms with van der Waals surface area (Å²) < 4.78 is 36.1. The number of halogens is 1. The largest absolute Gasteiger partial charge is 0.258 e. The molecule has 8 heteroatoms. The van der Waals surface area contributed by atoms with E-state index in [0.29, 0.717) is 0 Å². The second kappa shape index (κ2) is 7.40. The summed E-state index contributed by atoms with van der Waals surface area (Å²) >= 11 is 0. The fourth-order valence-corrected chi connectivity index (χ4v) is 3.58. The Labute approximate surface area is 168 Å². The Kier molecular flexibility index (Phi) is 4.91. The van der Waals surface area contributed by atoms with Crippen LogP contribution >= 0.6 is 0 Å². The van der Waals surface area contributed by atoms with E-state index in [1.54, 1.807) is 0 Å². The first-order chi connectivity index (χ1) is 13.8. The van der Waals surface area contributed by atoms with Crippen LogP contribution in [0.2, 0.25) is 0 Å². The maximum absolute atomic E-state index is 8.49. The number of benzene rings is 4. The molecule has 5 aromatic rings. The molecule has 29 heavy (non-hydrogen) atoms. The Morgan fingerprint density at radius 1 is 0.690 bits per heavy atom. The van der Waals surface area contributed by atoms with Crippen molar-refractivity contribution in [3.8, 4) is 5.69 Å². The second-order valence-corrected chi connectivity index (χ2v) is 7.17. The SMILES string of the molecule is C[n+]1c2c3ccccc3c3ccccc3c2nn1-c1ccccc1.[O-][Cl+3]([O-])([O-])[O-]. The van der Waals surface area contributed by atoms with Gasteiger partial charge in [-0.15, -0.1) is 14.9 Å². The lowest BCUT2D eigenvalue weighted by Gasteiger charge is -2.17. The Hall–Kier alpha value is -3.07. The van der Waals surface area contributed by atoms with Crippen molar-refractivity contribution in [2.24, 2.45) is 7.05 Å². The van der Waals surface area contributed by atoms with Gasteiger partial charge in [-0.2, -0.15) is 0 Å². The average Bonchev–Trinajstić information content (AvgIpc) is 3.05. The van der Waals surface area contributed by atoms with Crippen molar-refractivity contribution in [2.45, 2.75) is 0 Å². The first-order valence-electron chi connectivity index (χ1n) is 8.70. The van der Waals surface area contributed by atoms with Crippen molar-refractivity contribution >= 4 is 32.6 Å². The highest BCUT2D eigenvalue weighted by molar-refractivity contribution is 6.22. The van der Waals surface area contributed by atoms with Gasteiger partial charge in [-0.1, -0.05) is 54.6 Å². The number of aromatic nitrogens is 3. The second-order valence-electron chi connectivity index (χ2n) is 6.41. The van der Waals surface area contributed by atoms with Crippen molar-refractivity contribution < 1.29 is 33.6 Å². The molecule has 1 aromatic heterocycles. The lowest BCUT2D eigenvalue weighted by Crippen LogP contribution is -2.68. The summed E-state index contributed by atoms with van der Waals surface area (Å²) in [6, 6.07) is 27.3. The summed E-state index contributed by atoms with van der Waals surface area (Å²) in [7, 11) is -2.87. The van der Waals surface area contributed by atoms with Crippen LogP contribution in [-0.2, 0) is 7.05 Å². The molecule has 7 nitrogen and oxygen atoms in total. The molecule has 0 aliphatic heterocycles. The van der Waals surface area contributed by atoms with Crippen LogP contribution in [0.5, 0.6) is 0 Å². The lowest BCUT2D eigenvalue weighted by atomic mass is 10.00. The number of aryl methyl sites for hydroxylation is 1. The van der Waals surface area contributed by atoms with E-state index in [9.17, 15) is 0 Å². The molecule has 146 valence electrons. The van der Waals surface area contributed by atoms with Gasteiger partial charge in [0.05, 0.1) is 5.10 Å². The molecule has 0 aliphatic carbocycles.